The van der Waals surface area contributed by atoms with Crippen LogP contribution >= 0.6 is 11.8 Å². The van der Waals surface area contributed by atoms with Gasteiger partial charge in [-0.25, -0.2) is 9.59 Å². The van der Waals surface area contributed by atoms with Gasteiger partial charge < -0.3 is 24.8 Å². The molecule has 0 bridgehead atoms. The molecule has 45 heavy (non-hydrogen) atoms. The fraction of sp³-hybridized carbons (Fsp3) is 0.353. The lowest BCUT2D eigenvalue weighted by molar-refractivity contribution is -0.155. The number of hydrogen-bond donors (Lipinski definition) is 2. The SMILES string of the molecule is COC1=C(C(=O)OC(c2ccccc2)c2ccccc2)N2C(=O)[C@@H](NC(=O)C(NC(=O)OC(C)(C)C)C3=CCC=CC3)[C@@H]2SC1. The molecule has 1 saturated heterocycles. The molecule has 2 aromatic rings. The summed E-state index contributed by atoms with van der Waals surface area (Å²) in [5.41, 5.74) is 1.49. The second-order valence-corrected chi connectivity index (χ2v) is 12.9. The van der Waals surface area contributed by atoms with Crippen LogP contribution in [0.4, 0.5) is 4.79 Å². The van der Waals surface area contributed by atoms with Gasteiger partial charge in [-0.1, -0.05) is 78.9 Å². The van der Waals surface area contributed by atoms with Crippen LogP contribution in [0.1, 0.15) is 50.8 Å². The van der Waals surface area contributed by atoms with Crippen molar-refractivity contribution in [2.24, 2.45) is 0 Å². The summed E-state index contributed by atoms with van der Waals surface area (Å²) in [6, 6.07) is 16.7. The number of benzene rings is 2. The monoisotopic (exact) mass is 631 g/mol. The Labute approximate surface area is 266 Å². The molecule has 2 N–H and O–H groups in total. The van der Waals surface area contributed by atoms with Crippen LogP contribution in [0.3, 0.4) is 0 Å². The second kappa shape index (κ2) is 13.6. The lowest BCUT2D eigenvalue weighted by Crippen LogP contribution is -2.71. The molecular weight excluding hydrogens is 594 g/mol. The summed E-state index contributed by atoms with van der Waals surface area (Å²) in [6.45, 7) is 5.20. The maximum Gasteiger partial charge on any atom is 0.408 e. The number of esters is 1. The van der Waals surface area contributed by atoms with Crippen molar-refractivity contribution in [2.75, 3.05) is 12.9 Å². The van der Waals surface area contributed by atoms with Crippen LogP contribution in [0, 0.1) is 0 Å². The first kappa shape index (κ1) is 31.9. The quantitative estimate of drug-likeness (QED) is 0.231. The van der Waals surface area contributed by atoms with Crippen molar-refractivity contribution >= 4 is 35.6 Å². The lowest BCUT2D eigenvalue weighted by atomic mass is 9.96. The van der Waals surface area contributed by atoms with Gasteiger partial charge in [0.25, 0.3) is 5.91 Å². The Morgan fingerprint density at radius 3 is 2.18 bits per heavy atom. The van der Waals surface area contributed by atoms with Crippen molar-refractivity contribution in [1.29, 1.82) is 0 Å². The molecule has 5 rings (SSSR count). The molecule has 3 atom stereocenters. The van der Waals surface area contributed by atoms with Crippen LogP contribution in [0.5, 0.6) is 0 Å². The Balaban J connectivity index is 1.34. The number of carbonyl (C=O) groups excluding carboxylic acids is 4. The highest BCUT2D eigenvalue weighted by Crippen LogP contribution is 2.42. The van der Waals surface area contributed by atoms with Gasteiger partial charge in [0.1, 0.15) is 28.8 Å². The van der Waals surface area contributed by atoms with Gasteiger partial charge in [0.2, 0.25) is 5.91 Å². The summed E-state index contributed by atoms with van der Waals surface area (Å²) in [7, 11) is 1.44. The van der Waals surface area contributed by atoms with Crippen LogP contribution in [-0.2, 0) is 28.6 Å². The molecule has 236 valence electrons. The number of methoxy groups -OCH3 is 1. The first-order valence-electron chi connectivity index (χ1n) is 14.7. The van der Waals surface area contributed by atoms with Gasteiger partial charge in [0, 0.05) is 0 Å². The number of ether oxygens (including phenoxy) is 3. The van der Waals surface area contributed by atoms with Crippen molar-refractivity contribution in [1.82, 2.24) is 15.5 Å². The molecule has 1 fully saturated rings. The normalized spacial score (nSPS) is 20.0. The zero-order chi connectivity index (χ0) is 32.1. The van der Waals surface area contributed by atoms with Crippen LogP contribution in [0.25, 0.3) is 0 Å². The smallest absolute Gasteiger partial charge is 0.408 e. The minimum atomic E-state index is -1.03. The average Bonchev–Trinajstić information content (AvgIpc) is 3.04. The molecule has 10 nitrogen and oxygen atoms in total. The van der Waals surface area contributed by atoms with Crippen molar-refractivity contribution < 1.29 is 33.4 Å². The predicted molar refractivity (Wildman–Crippen MR) is 169 cm³/mol. The summed E-state index contributed by atoms with van der Waals surface area (Å²) < 4.78 is 17.0. The fourth-order valence-corrected chi connectivity index (χ4v) is 6.64. The van der Waals surface area contributed by atoms with Crippen molar-refractivity contribution in [2.45, 2.75) is 62.8 Å². The van der Waals surface area contributed by atoms with E-state index in [4.69, 9.17) is 14.2 Å². The number of hydrogen-bond acceptors (Lipinski definition) is 8. The summed E-state index contributed by atoms with van der Waals surface area (Å²) in [5, 5.41) is 4.91. The number of β-lactam (4-membered cyclic amide) rings is 1. The highest BCUT2D eigenvalue weighted by atomic mass is 32.2. The molecule has 1 aliphatic carbocycles. The number of nitrogens with zero attached hydrogens (tertiary/aromatic N) is 1. The highest BCUT2D eigenvalue weighted by Gasteiger charge is 2.55. The predicted octanol–water partition coefficient (Wildman–Crippen LogP) is 4.75. The maximum atomic E-state index is 13.8. The number of allylic oxidation sites excluding steroid dienone is 3. The Morgan fingerprint density at radius 1 is 0.978 bits per heavy atom. The summed E-state index contributed by atoms with van der Waals surface area (Å²) in [5.74, 6) is -1.13. The van der Waals surface area contributed by atoms with Gasteiger partial charge in [0.05, 0.1) is 12.9 Å². The summed E-state index contributed by atoms with van der Waals surface area (Å²) >= 11 is 1.36. The molecule has 0 aromatic heterocycles. The summed E-state index contributed by atoms with van der Waals surface area (Å²) in [4.78, 5) is 55.0. The molecule has 1 unspecified atom stereocenters. The van der Waals surface area contributed by atoms with Crippen molar-refractivity contribution in [3.8, 4) is 0 Å². The van der Waals surface area contributed by atoms with Crippen LogP contribution < -0.4 is 10.6 Å². The van der Waals surface area contributed by atoms with E-state index >= 15 is 0 Å². The Kier molecular flexibility index (Phi) is 9.67. The first-order chi connectivity index (χ1) is 21.6. The van der Waals surface area contributed by atoms with Crippen LogP contribution in [0.15, 0.2) is 95.9 Å². The molecule has 2 aromatic carbocycles. The molecule has 11 heteroatoms. The largest absolute Gasteiger partial charge is 0.498 e. The van der Waals surface area contributed by atoms with Crippen LogP contribution in [-0.4, -0.2) is 64.7 Å². The minimum Gasteiger partial charge on any atom is -0.498 e. The van der Waals surface area contributed by atoms with E-state index in [-0.39, 0.29) is 5.70 Å². The van der Waals surface area contributed by atoms with E-state index in [9.17, 15) is 19.2 Å². The molecule has 2 aliphatic heterocycles. The number of nitrogens with one attached hydrogen (secondary N) is 2. The zero-order valence-electron chi connectivity index (χ0n) is 25.6. The maximum absolute atomic E-state index is 13.8. The number of fused-ring (bicyclic) bond motifs is 1. The third kappa shape index (κ3) is 7.25. The molecule has 0 radical (unpaired) electrons. The zero-order valence-corrected chi connectivity index (χ0v) is 26.5. The number of rotatable bonds is 9. The van der Waals surface area contributed by atoms with E-state index in [2.05, 4.69) is 10.6 Å². The van der Waals surface area contributed by atoms with Gasteiger partial charge in [0.15, 0.2) is 11.8 Å². The number of thioether (sulfide) groups is 1. The van der Waals surface area contributed by atoms with Gasteiger partial charge in [-0.05, 0) is 50.3 Å². The Morgan fingerprint density at radius 2 is 1.62 bits per heavy atom. The Hall–Kier alpha value is -4.51. The highest BCUT2D eigenvalue weighted by molar-refractivity contribution is 8.00. The van der Waals surface area contributed by atoms with Gasteiger partial charge in [-0.15, -0.1) is 11.8 Å². The number of alkyl carbamates (subject to hydrolysis) is 1. The molecular formula is C34H37N3O7S. The van der Waals surface area contributed by atoms with Crippen molar-refractivity contribution in [3.05, 3.63) is 107 Å². The third-order valence-electron chi connectivity index (χ3n) is 7.43. The van der Waals surface area contributed by atoms with E-state index in [0.29, 0.717) is 29.9 Å². The third-order valence-corrected chi connectivity index (χ3v) is 8.68. The van der Waals surface area contributed by atoms with Crippen LogP contribution in [0.2, 0.25) is 0 Å². The van der Waals surface area contributed by atoms with E-state index in [1.807, 2.05) is 78.9 Å². The first-order valence-corrected chi connectivity index (χ1v) is 15.8. The molecule has 0 saturated carbocycles. The molecule has 3 aliphatic rings. The molecule has 0 spiro atoms. The van der Waals surface area contributed by atoms with Gasteiger partial charge >= 0.3 is 12.1 Å². The standard InChI is InChI=1S/C34H37N3O7S/c1-34(2,3)44-33(41)36-25(21-14-8-5-9-15-21)29(38)35-26-30(39)37-27(24(42-4)20-45-31(26)37)32(40)43-28(22-16-10-6-11-17-22)23-18-12-7-13-19-23/h5-8,10-13,15-19,25-26,28,31H,9,14,20H2,1-4H3,(H,35,38)(H,36,41)/t25?,26-,31+/m1/s1. The summed E-state index contributed by atoms with van der Waals surface area (Å²) in [6.07, 6.45) is 5.40. The Bertz CT molecular complexity index is 1490. The van der Waals surface area contributed by atoms with E-state index < -0.39 is 53.0 Å². The van der Waals surface area contributed by atoms with E-state index in [0.717, 1.165) is 11.1 Å². The number of amides is 3. The van der Waals surface area contributed by atoms with Crippen molar-refractivity contribution in [3.63, 3.8) is 0 Å². The van der Waals surface area contributed by atoms with Gasteiger partial charge in [-0.2, -0.15) is 0 Å². The number of carbonyl (C=O) groups is 4. The second-order valence-electron chi connectivity index (χ2n) is 11.7. The minimum absolute atomic E-state index is 0.0113. The molecule has 2 heterocycles. The fourth-order valence-electron chi connectivity index (χ4n) is 5.33. The van der Waals surface area contributed by atoms with E-state index in [1.54, 1.807) is 20.8 Å². The molecule has 3 amide bonds. The average molecular weight is 632 g/mol. The van der Waals surface area contributed by atoms with E-state index in [1.165, 1.54) is 23.8 Å². The topological polar surface area (TPSA) is 123 Å². The lowest BCUT2D eigenvalue weighted by Gasteiger charge is -2.49. The van der Waals surface area contributed by atoms with Gasteiger partial charge in [-0.3, -0.25) is 14.5 Å².